The largest absolute Gasteiger partial charge is 0.497 e. The van der Waals surface area contributed by atoms with Gasteiger partial charge in [-0.1, -0.05) is 0 Å². The molecule has 0 saturated carbocycles. The van der Waals surface area contributed by atoms with Gasteiger partial charge in [-0.15, -0.1) is 0 Å². The molecule has 0 aromatic heterocycles. The van der Waals surface area contributed by atoms with Crippen molar-refractivity contribution >= 4 is 27.7 Å². The predicted octanol–water partition coefficient (Wildman–Crippen LogP) is 3.48. The van der Waals surface area contributed by atoms with Crippen molar-refractivity contribution in [1.82, 2.24) is 4.31 Å². The van der Waals surface area contributed by atoms with Gasteiger partial charge in [0.05, 0.1) is 19.1 Å². The lowest BCUT2D eigenvalue weighted by molar-refractivity contribution is -0.114. The van der Waals surface area contributed by atoms with Crippen LogP contribution in [0.3, 0.4) is 0 Å². The van der Waals surface area contributed by atoms with Crippen LogP contribution in [0.25, 0.3) is 6.08 Å². The summed E-state index contributed by atoms with van der Waals surface area (Å²) in [5, 5.41) is 0. The fourth-order valence-corrected chi connectivity index (χ4v) is 5.82. The number of hydrogen-bond donors (Lipinski definition) is 0. The molecule has 1 saturated heterocycles. The molecule has 4 rings (SSSR count). The Balaban J connectivity index is 1.56. The van der Waals surface area contributed by atoms with Gasteiger partial charge in [-0.25, -0.2) is 8.42 Å². The number of anilines is 1. The first-order valence-corrected chi connectivity index (χ1v) is 12.2. The van der Waals surface area contributed by atoms with Crippen molar-refractivity contribution in [3.63, 3.8) is 0 Å². The van der Waals surface area contributed by atoms with Gasteiger partial charge in [-0.3, -0.25) is 4.79 Å². The Morgan fingerprint density at radius 1 is 0.969 bits per heavy atom. The highest BCUT2D eigenvalue weighted by molar-refractivity contribution is 7.89. The minimum atomic E-state index is -3.48. The second-order valence-corrected chi connectivity index (χ2v) is 9.87. The standard InChI is InChI=1S/C24H28N2O5S/c1-30-20-9-7-18(23(17-20)31-2)8-12-24(27)26-15-5-6-19-16-21(10-11-22(19)26)32(28,29)25-13-3-4-14-25/h7-12,16-17H,3-6,13-15H2,1-2H3/b12-8+. The van der Waals surface area contributed by atoms with Gasteiger partial charge in [0.2, 0.25) is 10.0 Å². The normalized spacial score (nSPS) is 16.9. The van der Waals surface area contributed by atoms with Gasteiger partial charge in [-0.05, 0) is 67.7 Å². The molecule has 2 aromatic carbocycles. The van der Waals surface area contributed by atoms with Crippen LogP contribution in [0.1, 0.15) is 30.4 Å². The molecule has 7 nitrogen and oxygen atoms in total. The first kappa shape index (κ1) is 22.4. The number of rotatable bonds is 6. The zero-order valence-electron chi connectivity index (χ0n) is 18.4. The van der Waals surface area contributed by atoms with Gasteiger partial charge in [0.1, 0.15) is 11.5 Å². The zero-order valence-corrected chi connectivity index (χ0v) is 19.2. The Bertz CT molecular complexity index is 1140. The van der Waals surface area contributed by atoms with E-state index in [0.717, 1.165) is 42.5 Å². The number of hydrogen-bond acceptors (Lipinski definition) is 5. The maximum Gasteiger partial charge on any atom is 0.250 e. The third-order valence-electron chi connectivity index (χ3n) is 5.98. The van der Waals surface area contributed by atoms with Crippen molar-refractivity contribution in [2.75, 3.05) is 38.8 Å². The molecule has 32 heavy (non-hydrogen) atoms. The van der Waals surface area contributed by atoms with Gasteiger partial charge in [0, 0.05) is 43.0 Å². The number of carbonyl (C=O) groups is 1. The molecule has 8 heteroatoms. The molecule has 0 bridgehead atoms. The van der Waals surface area contributed by atoms with Gasteiger partial charge in [-0.2, -0.15) is 4.31 Å². The van der Waals surface area contributed by atoms with E-state index >= 15 is 0 Å². The van der Waals surface area contributed by atoms with Crippen LogP contribution >= 0.6 is 0 Å². The first-order chi connectivity index (χ1) is 15.4. The van der Waals surface area contributed by atoms with Crippen molar-refractivity contribution in [2.24, 2.45) is 0 Å². The lowest BCUT2D eigenvalue weighted by Gasteiger charge is -2.29. The minimum absolute atomic E-state index is 0.154. The smallest absolute Gasteiger partial charge is 0.250 e. The molecule has 0 radical (unpaired) electrons. The second kappa shape index (κ2) is 9.34. The number of amides is 1. The Morgan fingerprint density at radius 2 is 1.75 bits per heavy atom. The van der Waals surface area contributed by atoms with Crippen molar-refractivity contribution in [1.29, 1.82) is 0 Å². The SMILES string of the molecule is COc1ccc(/C=C/C(=O)N2CCCc3cc(S(=O)(=O)N4CCCC4)ccc32)c(OC)c1. The first-order valence-electron chi connectivity index (χ1n) is 10.8. The van der Waals surface area contributed by atoms with Gasteiger partial charge in [0.25, 0.3) is 5.91 Å². The number of methoxy groups -OCH3 is 2. The summed E-state index contributed by atoms with van der Waals surface area (Å²) >= 11 is 0. The Hall–Kier alpha value is -2.84. The summed E-state index contributed by atoms with van der Waals surface area (Å²) in [4.78, 5) is 15.0. The summed E-state index contributed by atoms with van der Waals surface area (Å²) in [6, 6.07) is 10.5. The molecule has 2 heterocycles. The average molecular weight is 457 g/mol. The van der Waals surface area contributed by atoms with E-state index in [9.17, 15) is 13.2 Å². The molecule has 1 fully saturated rings. The second-order valence-electron chi connectivity index (χ2n) is 7.94. The number of aryl methyl sites for hydroxylation is 1. The predicted molar refractivity (Wildman–Crippen MR) is 124 cm³/mol. The third kappa shape index (κ3) is 4.38. The van der Waals surface area contributed by atoms with E-state index < -0.39 is 10.0 Å². The fourth-order valence-electron chi connectivity index (χ4n) is 4.25. The molecule has 2 aromatic rings. The monoisotopic (exact) mass is 456 g/mol. The molecule has 0 spiro atoms. The highest BCUT2D eigenvalue weighted by Gasteiger charge is 2.29. The van der Waals surface area contributed by atoms with Crippen molar-refractivity contribution in [3.8, 4) is 11.5 Å². The lowest BCUT2D eigenvalue weighted by Crippen LogP contribution is -2.34. The van der Waals surface area contributed by atoms with Crippen LogP contribution in [0, 0.1) is 0 Å². The number of ether oxygens (including phenoxy) is 2. The molecule has 0 N–H and O–H groups in total. The van der Waals surface area contributed by atoms with Crippen LogP contribution in [0.4, 0.5) is 5.69 Å². The van der Waals surface area contributed by atoms with Gasteiger partial charge in [0.15, 0.2) is 0 Å². The van der Waals surface area contributed by atoms with Crippen LogP contribution in [-0.2, 0) is 21.2 Å². The molecule has 0 atom stereocenters. The minimum Gasteiger partial charge on any atom is -0.497 e. The maximum atomic E-state index is 13.0. The zero-order chi connectivity index (χ0) is 22.7. The summed E-state index contributed by atoms with van der Waals surface area (Å²) in [6.45, 7) is 1.74. The Morgan fingerprint density at radius 3 is 2.47 bits per heavy atom. The van der Waals surface area contributed by atoms with E-state index in [1.165, 1.54) is 6.08 Å². The molecule has 0 aliphatic carbocycles. The van der Waals surface area contributed by atoms with E-state index in [1.54, 1.807) is 53.8 Å². The highest BCUT2D eigenvalue weighted by atomic mass is 32.2. The number of nitrogens with zero attached hydrogens (tertiary/aromatic N) is 2. The third-order valence-corrected chi connectivity index (χ3v) is 7.88. The Kier molecular flexibility index (Phi) is 6.53. The molecular weight excluding hydrogens is 428 g/mol. The van der Waals surface area contributed by atoms with Crippen molar-refractivity contribution < 1.29 is 22.7 Å². The number of benzene rings is 2. The van der Waals surface area contributed by atoms with Crippen molar-refractivity contribution in [2.45, 2.75) is 30.6 Å². The summed E-state index contributed by atoms with van der Waals surface area (Å²) in [5.74, 6) is 1.14. The highest BCUT2D eigenvalue weighted by Crippen LogP contribution is 2.32. The molecule has 2 aliphatic rings. The number of fused-ring (bicyclic) bond motifs is 1. The Labute approximate surface area is 189 Å². The van der Waals surface area contributed by atoms with Crippen LogP contribution in [0.15, 0.2) is 47.4 Å². The molecule has 2 aliphatic heterocycles. The van der Waals surface area contributed by atoms with Gasteiger partial charge < -0.3 is 14.4 Å². The van der Waals surface area contributed by atoms with Crippen LogP contribution in [-0.4, -0.2) is 52.5 Å². The molecular formula is C24H28N2O5S. The quantitative estimate of drug-likeness (QED) is 0.622. The summed E-state index contributed by atoms with van der Waals surface area (Å²) < 4.78 is 38.0. The fraction of sp³-hybridized carbons (Fsp3) is 0.375. The molecule has 170 valence electrons. The molecule has 0 unspecified atom stereocenters. The van der Waals surface area contributed by atoms with E-state index in [-0.39, 0.29) is 5.91 Å². The van der Waals surface area contributed by atoms with Crippen LogP contribution in [0.5, 0.6) is 11.5 Å². The average Bonchev–Trinajstić information content (AvgIpc) is 3.37. The van der Waals surface area contributed by atoms with E-state index in [1.807, 2.05) is 12.1 Å². The molecule has 1 amide bonds. The number of carbonyl (C=O) groups excluding carboxylic acids is 1. The van der Waals surface area contributed by atoms with Gasteiger partial charge >= 0.3 is 0 Å². The summed E-state index contributed by atoms with van der Waals surface area (Å²) in [6.07, 6.45) is 6.58. The van der Waals surface area contributed by atoms with E-state index in [2.05, 4.69) is 0 Å². The summed E-state index contributed by atoms with van der Waals surface area (Å²) in [7, 11) is -0.319. The lowest BCUT2D eigenvalue weighted by atomic mass is 10.0. The summed E-state index contributed by atoms with van der Waals surface area (Å²) in [5.41, 5.74) is 2.43. The van der Waals surface area contributed by atoms with Crippen LogP contribution in [0.2, 0.25) is 0 Å². The van der Waals surface area contributed by atoms with E-state index in [0.29, 0.717) is 36.0 Å². The van der Waals surface area contributed by atoms with Crippen molar-refractivity contribution in [3.05, 3.63) is 53.6 Å². The number of sulfonamides is 1. The van der Waals surface area contributed by atoms with E-state index in [4.69, 9.17) is 9.47 Å². The maximum absolute atomic E-state index is 13.0. The topological polar surface area (TPSA) is 76.2 Å². The van der Waals surface area contributed by atoms with Crippen LogP contribution < -0.4 is 14.4 Å².